The fraction of sp³-hybridized carbons (Fsp3) is 0.455. The summed E-state index contributed by atoms with van der Waals surface area (Å²) in [5.41, 5.74) is 1.94. The van der Waals surface area contributed by atoms with Gasteiger partial charge in [-0.25, -0.2) is 0 Å². The van der Waals surface area contributed by atoms with Crippen LogP contribution < -0.4 is 0 Å². The first-order valence-corrected chi connectivity index (χ1v) is 12.9. The van der Waals surface area contributed by atoms with E-state index in [0.717, 1.165) is 24.0 Å². The second-order valence-corrected chi connectivity index (χ2v) is 11.6. The Morgan fingerprint density at radius 1 is 0.767 bits per heavy atom. The van der Waals surface area contributed by atoms with Crippen molar-refractivity contribution in [2.45, 2.75) is 49.0 Å². The maximum absolute atomic E-state index is 12.7. The molecule has 0 amide bonds. The predicted molar refractivity (Wildman–Crippen MR) is 112 cm³/mol. The van der Waals surface area contributed by atoms with Crippen molar-refractivity contribution >= 4 is 20.2 Å². The highest BCUT2D eigenvalue weighted by molar-refractivity contribution is 7.87. The van der Waals surface area contributed by atoms with Crippen molar-refractivity contribution in [1.82, 2.24) is 0 Å². The van der Waals surface area contributed by atoms with Crippen LogP contribution in [-0.4, -0.2) is 29.5 Å². The van der Waals surface area contributed by atoms with E-state index in [4.69, 9.17) is 8.37 Å². The van der Waals surface area contributed by atoms with Gasteiger partial charge in [-0.2, -0.15) is 16.8 Å². The number of benzene rings is 2. The SMILES string of the molecule is Cc1ccc(S(=O)(=O)OC[C@H]2C[C@@H]3C[C@H]2[C@H](OS(=O)(=O)c2ccc(C)cc2)C3)cc1. The van der Waals surface area contributed by atoms with Crippen LogP contribution in [0.25, 0.3) is 0 Å². The Kier molecular flexibility index (Phi) is 5.78. The van der Waals surface area contributed by atoms with Crippen LogP contribution in [0.5, 0.6) is 0 Å². The fourth-order valence-corrected chi connectivity index (χ4v) is 6.69. The minimum absolute atomic E-state index is 0.0246. The van der Waals surface area contributed by atoms with Gasteiger partial charge in [-0.15, -0.1) is 0 Å². The van der Waals surface area contributed by atoms with E-state index in [1.54, 1.807) is 36.4 Å². The summed E-state index contributed by atoms with van der Waals surface area (Å²) in [6.45, 7) is 3.82. The fourth-order valence-electron chi connectivity index (χ4n) is 4.60. The number of hydrogen-bond acceptors (Lipinski definition) is 6. The standard InChI is InChI=1S/C22H26O6S2/c1-15-3-7-19(8-4-15)29(23,24)27-14-18-11-17-12-21(18)22(13-17)28-30(25,26)20-9-5-16(2)6-10-20/h3-10,17-18,21-22H,11-14H2,1-2H3/t17-,18-,21-,22-/m1/s1. The molecule has 162 valence electrons. The van der Waals surface area contributed by atoms with E-state index in [1.165, 1.54) is 12.1 Å². The summed E-state index contributed by atoms with van der Waals surface area (Å²) in [7, 11) is -7.70. The molecular weight excluding hydrogens is 424 g/mol. The third kappa shape index (κ3) is 4.46. The number of fused-ring (bicyclic) bond motifs is 2. The summed E-state index contributed by atoms with van der Waals surface area (Å²) in [4.78, 5) is 0.275. The molecule has 0 N–H and O–H groups in total. The smallest absolute Gasteiger partial charge is 0.266 e. The summed E-state index contributed by atoms with van der Waals surface area (Å²) in [5.74, 6) is 0.273. The van der Waals surface area contributed by atoms with E-state index >= 15 is 0 Å². The third-order valence-corrected chi connectivity index (χ3v) is 8.84. The van der Waals surface area contributed by atoms with E-state index < -0.39 is 26.3 Å². The minimum atomic E-state index is -3.86. The Morgan fingerprint density at radius 3 is 1.83 bits per heavy atom. The van der Waals surface area contributed by atoms with E-state index in [9.17, 15) is 16.8 Å². The van der Waals surface area contributed by atoms with Crippen LogP contribution in [0.15, 0.2) is 58.3 Å². The van der Waals surface area contributed by atoms with Gasteiger partial charge in [0.2, 0.25) is 0 Å². The Bertz CT molecular complexity index is 1100. The molecule has 2 aliphatic carbocycles. The molecule has 2 aromatic rings. The molecular formula is C22H26O6S2. The summed E-state index contributed by atoms with van der Waals surface area (Å²) >= 11 is 0. The van der Waals surface area contributed by atoms with Crippen LogP contribution in [0.4, 0.5) is 0 Å². The first-order valence-electron chi connectivity index (χ1n) is 10.1. The maximum atomic E-state index is 12.7. The molecule has 8 heteroatoms. The van der Waals surface area contributed by atoms with Crippen LogP contribution in [-0.2, 0) is 28.6 Å². The zero-order valence-electron chi connectivity index (χ0n) is 17.0. The van der Waals surface area contributed by atoms with Gasteiger partial charge in [-0.1, -0.05) is 35.4 Å². The molecule has 2 saturated carbocycles. The molecule has 6 nitrogen and oxygen atoms in total. The van der Waals surface area contributed by atoms with Crippen molar-refractivity contribution in [3.05, 3.63) is 59.7 Å². The molecule has 0 spiro atoms. The third-order valence-electron chi connectivity index (χ3n) is 6.20. The molecule has 0 aliphatic heterocycles. The van der Waals surface area contributed by atoms with Gasteiger partial charge in [0.15, 0.2) is 0 Å². The molecule has 2 fully saturated rings. The maximum Gasteiger partial charge on any atom is 0.297 e. The first-order chi connectivity index (χ1) is 14.1. The second-order valence-electron chi connectivity index (χ2n) is 8.45. The summed E-state index contributed by atoms with van der Waals surface area (Å²) < 4.78 is 61.2. The first kappa shape index (κ1) is 21.5. The van der Waals surface area contributed by atoms with Gasteiger partial charge in [0.1, 0.15) is 0 Å². The van der Waals surface area contributed by atoms with Gasteiger partial charge in [0, 0.05) is 0 Å². The van der Waals surface area contributed by atoms with Gasteiger partial charge >= 0.3 is 0 Å². The van der Waals surface area contributed by atoms with Crippen molar-refractivity contribution in [3.8, 4) is 0 Å². The molecule has 0 heterocycles. The molecule has 0 unspecified atom stereocenters. The summed E-state index contributed by atoms with van der Waals surface area (Å²) in [6.07, 6.45) is 1.91. The molecule has 2 aliphatic rings. The van der Waals surface area contributed by atoms with Crippen molar-refractivity contribution in [2.75, 3.05) is 6.61 Å². The average Bonchev–Trinajstić information content (AvgIpc) is 3.27. The summed E-state index contributed by atoms with van der Waals surface area (Å²) in [6, 6.07) is 13.1. The van der Waals surface area contributed by atoms with Crippen LogP contribution >= 0.6 is 0 Å². The second kappa shape index (κ2) is 8.07. The van der Waals surface area contributed by atoms with Gasteiger partial charge < -0.3 is 0 Å². The largest absolute Gasteiger partial charge is 0.297 e. The molecule has 4 rings (SSSR count). The lowest BCUT2D eigenvalue weighted by atomic mass is 9.87. The lowest BCUT2D eigenvalue weighted by Gasteiger charge is -2.28. The normalized spacial score (nSPS) is 26.2. The van der Waals surface area contributed by atoms with Gasteiger partial charge in [-0.05, 0) is 75.1 Å². The number of hydrogen-bond donors (Lipinski definition) is 0. The highest BCUT2D eigenvalue weighted by Gasteiger charge is 2.49. The van der Waals surface area contributed by atoms with E-state index in [0.29, 0.717) is 12.3 Å². The van der Waals surface area contributed by atoms with Crippen molar-refractivity contribution in [1.29, 1.82) is 0 Å². The van der Waals surface area contributed by atoms with Crippen LogP contribution in [0, 0.1) is 31.6 Å². The van der Waals surface area contributed by atoms with Crippen LogP contribution in [0.1, 0.15) is 30.4 Å². The van der Waals surface area contributed by atoms with Crippen molar-refractivity contribution in [3.63, 3.8) is 0 Å². The Labute approximate surface area is 178 Å². The van der Waals surface area contributed by atoms with E-state index in [2.05, 4.69) is 0 Å². The van der Waals surface area contributed by atoms with Crippen LogP contribution in [0.3, 0.4) is 0 Å². The number of rotatable bonds is 7. The molecule has 0 saturated heterocycles. The average molecular weight is 451 g/mol. The summed E-state index contributed by atoms with van der Waals surface area (Å²) in [5, 5.41) is 0. The van der Waals surface area contributed by atoms with Crippen molar-refractivity contribution < 1.29 is 25.2 Å². The van der Waals surface area contributed by atoms with E-state index in [-0.39, 0.29) is 28.2 Å². The highest BCUT2D eigenvalue weighted by atomic mass is 32.2. The van der Waals surface area contributed by atoms with Gasteiger partial charge in [-0.3, -0.25) is 8.37 Å². The Hall–Kier alpha value is -1.74. The minimum Gasteiger partial charge on any atom is -0.266 e. The molecule has 0 radical (unpaired) electrons. The van der Waals surface area contributed by atoms with Gasteiger partial charge in [0.05, 0.1) is 22.5 Å². The van der Waals surface area contributed by atoms with E-state index in [1.807, 2.05) is 13.8 Å². The number of aryl methyl sites for hydroxylation is 2. The molecule has 30 heavy (non-hydrogen) atoms. The zero-order valence-corrected chi connectivity index (χ0v) is 18.7. The lowest BCUT2D eigenvalue weighted by Crippen LogP contribution is -2.32. The van der Waals surface area contributed by atoms with Gasteiger partial charge in [0.25, 0.3) is 20.2 Å². The zero-order chi connectivity index (χ0) is 21.5. The molecule has 4 atom stereocenters. The molecule has 2 aromatic carbocycles. The predicted octanol–water partition coefficient (Wildman–Crippen LogP) is 3.83. The molecule has 2 bridgehead atoms. The van der Waals surface area contributed by atoms with Crippen LogP contribution in [0.2, 0.25) is 0 Å². The Balaban J connectivity index is 1.41. The topological polar surface area (TPSA) is 86.7 Å². The quantitative estimate of drug-likeness (QED) is 0.596. The Morgan fingerprint density at radius 2 is 1.30 bits per heavy atom. The molecule has 0 aromatic heterocycles. The monoisotopic (exact) mass is 450 g/mol. The highest BCUT2D eigenvalue weighted by Crippen LogP contribution is 2.50. The lowest BCUT2D eigenvalue weighted by molar-refractivity contribution is 0.0852. The van der Waals surface area contributed by atoms with Crippen molar-refractivity contribution in [2.24, 2.45) is 17.8 Å².